The molecular weight excluding hydrogens is 470 g/mol. The summed E-state index contributed by atoms with van der Waals surface area (Å²) in [5.41, 5.74) is 3.34. The normalized spacial score (nSPS) is 13.5. The molecule has 4 rings (SSSR count). The number of nitrogens with one attached hydrogen (secondary N) is 3. The monoisotopic (exact) mass is 503 g/mol. The van der Waals surface area contributed by atoms with E-state index in [1.165, 1.54) is 0 Å². The van der Waals surface area contributed by atoms with Crippen LogP contribution in [0.1, 0.15) is 32.1 Å². The van der Waals surface area contributed by atoms with E-state index in [0.29, 0.717) is 40.6 Å². The first kappa shape index (κ1) is 25.9. The number of aromatic amines is 2. The van der Waals surface area contributed by atoms with Gasteiger partial charge in [0.2, 0.25) is 0 Å². The van der Waals surface area contributed by atoms with Crippen LogP contribution in [-0.2, 0) is 4.74 Å². The Balaban J connectivity index is 2.06. The largest absolute Gasteiger partial charge is 0.497 e. The zero-order valence-electron chi connectivity index (χ0n) is 22.0. The van der Waals surface area contributed by atoms with Gasteiger partial charge in [-0.15, -0.1) is 0 Å². The van der Waals surface area contributed by atoms with Crippen molar-refractivity contribution in [1.82, 2.24) is 29.8 Å². The molecule has 0 fully saturated rings. The first-order chi connectivity index (χ1) is 17.9. The summed E-state index contributed by atoms with van der Waals surface area (Å²) in [5.74, 6) is 1.70. The smallest absolute Gasteiger partial charge is 0.261 e. The number of anilines is 1. The Morgan fingerprint density at radius 1 is 1.19 bits per heavy atom. The van der Waals surface area contributed by atoms with Gasteiger partial charge in [-0.3, -0.25) is 4.79 Å². The van der Waals surface area contributed by atoms with Crippen molar-refractivity contribution in [2.24, 2.45) is 0 Å². The molecule has 0 amide bonds. The molecule has 0 unspecified atom stereocenters. The summed E-state index contributed by atoms with van der Waals surface area (Å²) >= 11 is 0. The van der Waals surface area contributed by atoms with Gasteiger partial charge in [0.05, 0.1) is 35.8 Å². The van der Waals surface area contributed by atoms with Gasteiger partial charge in [-0.2, -0.15) is 0 Å². The van der Waals surface area contributed by atoms with E-state index in [-0.39, 0.29) is 5.56 Å². The zero-order valence-corrected chi connectivity index (χ0v) is 22.0. The second-order valence-electron chi connectivity index (χ2n) is 8.95. The molecule has 1 aromatic carbocycles. The molecule has 0 radical (unpaired) electrons. The zero-order chi connectivity index (χ0) is 26.5. The van der Waals surface area contributed by atoms with Crippen molar-refractivity contribution in [3.63, 3.8) is 0 Å². The molecule has 10 heteroatoms. The van der Waals surface area contributed by atoms with Crippen LogP contribution >= 0.6 is 0 Å². The van der Waals surface area contributed by atoms with E-state index in [9.17, 15) is 4.79 Å². The number of methoxy groups -OCH3 is 2. The molecule has 0 aliphatic rings. The molecule has 3 aromatic heterocycles. The lowest BCUT2D eigenvalue weighted by molar-refractivity contribution is 0.184. The molecule has 0 aliphatic carbocycles. The number of imidazole rings is 1. The van der Waals surface area contributed by atoms with Crippen molar-refractivity contribution >= 4 is 28.5 Å². The number of pyridine rings is 1. The third kappa shape index (κ3) is 5.49. The van der Waals surface area contributed by atoms with Gasteiger partial charge >= 0.3 is 0 Å². The molecule has 0 aliphatic heterocycles. The topological polar surface area (TPSA) is 121 Å². The predicted molar refractivity (Wildman–Crippen MR) is 146 cm³/mol. The molecule has 3 heterocycles. The Kier molecular flexibility index (Phi) is 7.88. The van der Waals surface area contributed by atoms with E-state index in [0.717, 1.165) is 28.2 Å². The van der Waals surface area contributed by atoms with Crippen LogP contribution in [0.25, 0.3) is 34.2 Å². The highest BCUT2D eigenvalue weighted by molar-refractivity contribution is 5.84. The van der Waals surface area contributed by atoms with E-state index >= 15 is 0 Å². The van der Waals surface area contributed by atoms with Crippen molar-refractivity contribution in [3.05, 3.63) is 63.4 Å². The van der Waals surface area contributed by atoms with Gasteiger partial charge < -0.3 is 29.7 Å². The number of nitrogens with zero attached hydrogens (tertiary/aromatic N) is 4. The summed E-state index contributed by atoms with van der Waals surface area (Å²) in [4.78, 5) is 35.6. The summed E-state index contributed by atoms with van der Waals surface area (Å²) in [6, 6.07) is 6.91. The number of H-pyrrole nitrogens is 2. The summed E-state index contributed by atoms with van der Waals surface area (Å²) in [7, 11) is 7.08. The Morgan fingerprint density at radius 2 is 1.95 bits per heavy atom. The molecule has 3 N–H and O–H groups in total. The van der Waals surface area contributed by atoms with Crippen LogP contribution in [0.15, 0.2) is 41.5 Å². The average Bonchev–Trinajstić information content (AvgIpc) is 3.30. The van der Waals surface area contributed by atoms with E-state index in [4.69, 9.17) is 14.5 Å². The van der Waals surface area contributed by atoms with Crippen LogP contribution in [0.2, 0.25) is 0 Å². The Bertz CT molecular complexity index is 1560. The van der Waals surface area contributed by atoms with Crippen LogP contribution in [0.5, 0.6) is 5.75 Å². The molecule has 0 saturated heterocycles. The molecule has 0 saturated carbocycles. The summed E-state index contributed by atoms with van der Waals surface area (Å²) in [6.45, 7) is 4.44. The fourth-order valence-corrected chi connectivity index (χ4v) is 4.21. The molecule has 1 atom stereocenters. The van der Waals surface area contributed by atoms with Crippen LogP contribution < -0.4 is 26.2 Å². The highest BCUT2D eigenvalue weighted by Gasteiger charge is 2.22. The first-order valence-corrected chi connectivity index (χ1v) is 12.1. The highest BCUT2D eigenvalue weighted by Crippen LogP contribution is 2.27. The third-order valence-electron chi connectivity index (χ3n) is 6.06. The second-order valence-corrected chi connectivity index (χ2v) is 8.95. The molecule has 10 nitrogen and oxygen atoms in total. The van der Waals surface area contributed by atoms with Gasteiger partial charge in [0.15, 0.2) is 5.82 Å². The Hall–Kier alpha value is -4.18. The molecule has 4 aromatic rings. The number of hydrogen-bond acceptors (Lipinski definition) is 8. The van der Waals surface area contributed by atoms with Gasteiger partial charge in [0.1, 0.15) is 23.2 Å². The van der Waals surface area contributed by atoms with Crippen molar-refractivity contribution < 1.29 is 9.47 Å². The first-order valence-electron chi connectivity index (χ1n) is 12.1. The number of fused-ring (bicyclic) bond motifs is 1. The van der Waals surface area contributed by atoms with E-state index in [1.807, 2.05) is 43.4 Å². The van der Waals surface area contributed by atoms with Gasteiger partial charge in [0, 0.05) is 51.1 Å². The van der Waals surface area contributed by atoms with E-state index < -0.39 is 6.04 Å². The van der Waals surface area contributed by atoms with Gasteiger partial charge in [-0.25, -0.2) is 15.0 Å². The minimum absolute atomic E-state index is 0.278. The molecule has 194 valence electrons. The summed E-state index contributed by atoms with van der Waals surface area (Å²) in [5, 5.41) is 5.14. The van der Waals surface area contributed by atoms with Crippen molar-refractivity contribution in [3.8, 4) is 17.1 Å². The maximum atomic E-state index is 13.7. The van der Waals surface area contributed by atoms with Crippen LogP contribution in [-0.4, -0.2) is 64.7 Å². The summed E-state index contributed by atoms with van der Waals surface area (Å²) < 4.78 is 10.9. The SMILES string of the molecule is CC/C(C)=c1/c(N[C@@H](COC)c2ncccn2)c(-c2nc3ccc(OC)cc3[nH]2)c(=O)[nH]/c1=C/N(C)C. The number of aromatic nitrogens is 5. The molecule has 37 heavy (non-hydrogen) atoms. The molecule has 0 bridgehead atoms. The lowest BCUT2D eigenvalue weighted by Gasteiger charge is -2.21. The molecular formula is C27H33N7O3. The fourth-order valence-electron chi connectivity index (χ4n) is 4.21. The van der Waals surface area contributed by atoms with Crippen molar-refractivity contribution in [2.75, 3.05) is 40.2 Å². The number of hydrogen-bond donors (Lipinski definition) is 3. The minimum atomic E-state index is -0.410. The fraction of sp³-hybridized carbons (Fsp3) is 0.333. The highest BCUT2D eigenvalue weighted by atomic mass is 16.5. The minimum Gasteiger partial charge on any atom is -0.497 e. The van der Waals surface area contributed by atoms with Crippen molar-refractivity contribution in [2.45, 2.75) is 26.3 Å². The summed E-state index contributed by atoms with van der Waals surface area (Å²) in [6.07, 6.45) is 6.06. The quantitative estimate of drug-likeness (QED) is 0.318. The van der Waals surface area contributed by atoms with Gasteiger partial charge in [-0.1, -0.05) is 12.5 Å². The Morgan fingerprint density at radius 3 is 2.59 bits per heavy atom. The average molecular weight is 504 g/mol. The second kappa shape index (κ2) is 11.3. The lowest BCUT2D eigenvalue weighted by atomic mass is 10.1. The van der Waals surface area contributed by atoms with Gasteiger partial charge in [0.25, 0.3) is 5.56 Å². The molecule has 0 spiro atoms. The van der Waals surface area contributed by atoms with Crippen LogP contribution in [0, 0.1) is 0 Å². The van der Waals surface area contributed by atoms with Gasteiger partial charge in [-0.05, 0) is 31.5 Å². The lowest BCUT2D eigenvalue weighted by Crippen LogP contribution is -2.41. The third-order valence-corrected chi connectivity index (χ3v) is 6.06. The standard InChI is InChI=1S/C27H33N7O3/c1-7-16(2)22-20(14-34(3)4)33-27(35)23(26-31-18-10-9-17(37-6)13-19(18)32-26)24(22)30-21(15-36-5)25-28-11-8-12-29-25/h8-14,21,30H,7,15H2,1-6H3,(H,31,32)(H,33,35)/b20-14+,22-16+/t21-/m0/s1. The Labute approximate surface area is 215 Å². The van der Waals surface area contributed by atoms with E-state index in [1.54, 1.807) is 32.7 Å². The number of benzene rings is 1. The number of rotatable bonds is 9. The number of ether oxygens (including phenoxy) is 2. The van der Waals surface area contributed by atoms with E-state index in [2.05, 4.69) is 39.1 Å². The maximum absolute atomic E-state index is 13.7. The van der Waals surface area contributed by atoms with Crippen LogP contribution in [0.4, 0.5) is 5.69 Å². The maximum Gasteiger partial charge on any atom is 0.261 e. The van der Waals surface area contributed by atoms with Crippen molar-refractivity contribution in [1.29, 1.82) is 0 Å². The predicted octanol–water partition coefficient (Wildman–Crippen LogP) is 2.40. The van der Waals surface area contributed by atoms with Crippen LogP contribution in [0.3, 0.4) is 0 Å².